The molecule has 0 spiro atoms. The summed E-state index contributed by atoms with van der Waals surface area (Å²) < 4.78 is 5.88. The Labute approximate surface area is 161 Å². The first-order chi connectivity index (χ1) is 13.1. The van der Waals surface area contributed by atoms with Crippen molar-refractivity contribution in [2.45, 2.75) is 26.5 Å². The number of carbonyl (C=O) groups excluding carboxylic acids is 1. The van der Waals surface area contributed by atoms with Crippen molar-refractivity contribution in [3.8, 4) is 5.75 Å². The fourth-order valence-corrected chi connectivity index (χ4v) is 2.45. The lowest BCUT2D eigenvalue weighted by Gasteiger charge is -2.18. The van der Waals surface area contributed by atoms with Crippen LogP contribution in [0, 0.1) is 6.92 Å². The Hall–Kier alpha value is -3.02. The van der Waals surface area contributed by atoms with Gasteiger partial charge in [0.2, 0.25) is 5.91 Å². The number of rotatable bonds is 8. The van der Waals surface area contributed by atoms with Crippen LogP contribution in [0.5, 0.6) is 5.75 Å². The van der Waals surface area contributed by atoms with Crippen molar-refractivity contribution < 1.29 is 9.53 Å². The quantitative estimate of drug-likeness (QED) is 0.493. The first-order valence-electron chi connectivity index (χ1n) is 9.05. The predicted molar refractivity (Wildman–Crippen MR) is 109 cm³/mol. The largest absolute Gasteiger partial charge is 0.489 e. The van der Waals surface area contributed by atoms with E-state index in [1.54, 1.807) is 7.05 Å². The van der Waals surface area contributed by atoms with E-state index >= 15 is 0 Å². The van der Waals surface area contributed by atoms with Gasteiger partial charge in [0.25, 0.3) is 0 Å². The molecule has 0 aliphatic rings. The lowest BCUT2D eigenvalue weighted by atomic mass is 10.2. The van der Waals surface area contributed by atoms with Gasteiger partial charge < -0.3 is 20.7 Å². The van der Waals surface area contributed by atoms with Gasteiger partial charge in [-0.05, 0) is 37.1 Å². The number of carbonyl (C=O) groups is 1. The number of hydrogen-bond acceptors (Lipinski definition) is 3. The molecule has 2 aromatic rings. The number of ether oxygens (including phenoxy) is 1. The number of amides is 1. The maximum atomic E-state index is 12.0. The van der Waals surface area contributed by atoms with Gasteiger partial charge in [-0.25, -0.2) is 0 Å². The van der Waals surface area contributed by atoms with E-state index in [0.717, 1.165) is 16.9 Å². The molecule has 0 aliphatic heterocycles. The maximum absolute atomic E-state index is 12.0. The Balaban J connectivity index is 1.68. The SMILES string of the molecule is CN=C(NCC(=O)NCc1ccccc1)NCC(C)Oc1cccc(C)c1. The van der Waals surface area contributed by atoms with E-state index < -0.39 is 0 Å². The van der Waals surface area contributed by atoms with E-state index in [1.807, 2.05) is 68.4 Å². The highest BCUT2D eigenvalue weighted by molar-refractivity contribution is 5.86. The number of nitrogens with zero attached hydrogens (tertiary/aromatic N) is 1. The van der Waals surface area contributed by atoms with E-state index in [0.29, 0.717) is 19.0 Å². The van der Waals surface area contributed by atoms with Gasteiger partial charge in [0.15, 0.2) is 5.96 Å². The summed E-state index contributed by atoms with van der Waals surface area (Å²) in [6.45, 7) is 5.24. The van der Waals surface area contributed by atoms with E-state index in [-0.39, 0.29) is 18.6 Å². The van der Waals surface area contributed by atoms with Crippen LogP contribution in [0.3, 0.4) is 0 Å². The van der Waals surface area contributed by atoms with Crippen molar-refractivity contribution in [3.63, 3.8) is 0 Å². The fourth-order valence-electron chi connectivity index (χ4n) is 2.45. The van der Waals surface area contributed by atoms with Crippen molar-refractivity contribution in [1.29, 1.82) is 0 Å². The first-order valence-corrected chi connectivity index (χ1v) is 9.05. The van der Waals surface area contributed by atoms with Gasteiger partial charge >= 0.3 is 0 Å². The van der Waals surface area contributed by atoms with Gasteiger partial charge in [-0.1, -0.05) is 42.5 Å². The Morgan fingerprint density at radius 2 is 1.85 bits per heavy atom. The third kappa shape index (κ3) is 7.81. The highest BCUT2D eigenvalue weighted by Gasteiger charge is 2.07. The number of aryl methyl sites for hydroxylation is 1. The monoisotopic (exact) mass is 368 g/mol. The van der Waals surface area contributed by atoms with Gasteiger partial charge in [-0.2, -0.15) is 0 Å². The summed E-state index contributed by atoms with van der Waals surface area (Å²) in [5.74, 6) is 1.31. The van der Waals surface area contributed by atoms with Crippen LogP contribution in [0.4, 0.5) is 0 Å². The Morgan fingerprint density at radius 3 is 2.56 bits per heavy atom. The number of aliphatic imine (C=N–C) groups is 1. The molecule has 3 N–H and O–H groups in total. The summed E-state index contributed by atoms with van der Waals surface area (Å²) in [6, 6.07) is 17.7. The van der Waals surface area contributed by atoms with E-state index in [4.69, 9.17) is 4.74 Å². The predicted octanol–water partition coefficient (Wildman–Crippen LogP) is 2.24. The zero-order valence-electron chi connectivity index (χ0n) is 16.2. The molecular formula is C21H28N4O2. The standard InChI is InChI=1S/C21H28N4O2/c1-16-8-7-11-19(12-16)27-17(2)13-24-21(22-3)25-15-20(26)23-14-18-9-5-4-6-10-18/h4-12,17H,13-15H2,1-3H3,(H,23,26)(H2,22,24,25). The summed E-state index contributed by atoms with van der Waals surface area (Å²) in [7, 11) is 1.67. The van der Waals surface area contributed by atoms with E-state index in [9.17, 15) is 4.79 Å². The molecule has 1 atom stereocenters. The second kappa shape index (κ2) is 10.9. The minimum Gasteiger partial charge on any atom is -0.489 e. The topological polar surface area (TPSA) is 74.8 Å². The van der Waals surface area contributed by atoms with Gasteiger partial charge in [0, 0.05) is 13.6 Å². The third-order valence-electron chi connectivity index (χ3n) is 3.86. The zero-order chi connectivity index (χ0) is 19.5. The lowest BCUT2D eigenvalue weighted by molar-refractivity contribution is -0.120. The molecule has 1 amide bonds. The average molecular weight is 368 g/mol. The highest BCUT2D eigenvalue weighted by Crippen LogP contribution is 2.13. The summed E-state index contributed by atoms with van der Waals surface area (Å²) in [6.07, 6.45) is -0.0442. The molecule has 6 nitrogen and oxygen atoms in total. The van der Waals surface area contributed by atoms with Crippen molar-refractivity contribution in [2.75, 3.05) is 20.1 Å². The molecule has 1 unspecified atom stereocenters. The zero-order valence-corrected chi connectivity index (χ0v) is 16.2. The van der Waals surface area contributed by atoms with Crippen molar-refractivity contribution in [1.82, 2.24) is 16.0 Å². The van der Waals surface area contributed by atoms with Gasteiger partial charge in [-0.15, -0.1) is 0 Å². The Morgan fingerprint density at radius 1 is 1.07 bits per heavy atom. The molecule has 0 bridgehead atoms. The number of benzene rings is 2. The average Bonchev–Trinajstić information content (AvgIpc) is 2.67. The smallest absolute Gasteiger partial charge is 0.239 e. The normalized spacial score (nSPS) is 12.2. The van der Waals surface area contributed by atoms with Gasteiger partial charge in [0.1, 0.15) is 11.9 Å². The molecule has 0 radical (unpaired) electrons. The number of hydrogen-bond donors (Lipinski definition) is 3. The summed E-state index contributed by atoms with van der Waals surface area (Å²) in [5, 5.41) is 9.04. The van der Waals surface area contributed by atoms with Crippen molar-refractivity contribution in [3.05, 3.63) is 65.7 Å². The molecular weight excluding hydrogens is 340 g/mol. The number of nitrogens with one attached hydrogen (secondary N) is 3. The Kier molecular flexibility index (Phi) is 8.16. The van der Waals surface area contributed by atoms with Crippen LogP contribution in [0.15, 0.2) is 59.6 Å². The molecule has 27 heavy (non-hydrogen) atoms. The third-order valence-corrected chi connectivity index (χ3v) is 3.86. The molecule has 2 aromatic carbocycles. The molecule has 0 saturated carbocycles. The van der Waals surface area contributed by atoms with Crippen LogP contribution in [0.1, 0.15) is 18.1 Å². The summed E-state index contributed by atoms with van der Waals surface area (Å²) in [5.41, 5.74) is 2.22. The van der Waals surface area contributed by atoms with Crippen LogP contribution in [-0.2, 0) is 11.3 Å². The fraction of sp³-hybridized carbons (Fsp3) is 0.333. The van der Waals surface area contributed by atoms with Crippen LogP contribution >= 0.6 is 0 Å². The minimum atomic E-state index is -0.0918. The second-order valence-electron chi connectivity index (χ2n) is 6.31. The van der Waals surface area contributed by atoms with Gasteiger partial charge in [0.05, 0.1) is 13.1 Å². The van der Waals surface area contributed by atoms with Crippen molar-refractivity contribution >= 4 is 11.9 Å². The van der Waals surface area contributed by atoms with Crippen molar-refractivity contribution in [2.24, 2.45) is 4.99 Å². The summed E-state index contributed by atoms with van der Waals surface area (Å²) in [4.78, 5) is 16.1. The molecule has 0 aliphatic carbocycles. The van der Waals surface area contributed by atoms with Crippen LogP contribution < -0.4 is 20.7 Å². The van der Waals surface area contributed by atoms with Crippen LogP contribution in [-0.4, -0.2) is 38.1 Å². The van der Waals surface area contributed by atoms with Gasteiger partial charge in [-0.3, -0.25) is 9.79 Å². The summed E-state index contributed by atoms with van der Waals surface area (Å²) >= 11 is 0. The molecule has 6 heteroatoms. The molecule has 0 aromatic heterocycles. The number of guanidine groups is 1. The second-order valence-corrected chi connectivity index (χ2v) is 6.31. The Bertz CT molecular complexity index is 747. The molecule has 0 fully saturated rings. The van der Waals surface area contributed by atoms with Crippen LogP contribution in [0.2, 0.25) is 0 Å². The molecule has 144 valence electrons. The maximum Gasteiger partial charge on any atom is 0.239 e. The minimum absolute atomic E-state index is 0.0442. The highest BCUT2D eigenvalue weighted by atomic mass is 16.5. The van der Waals surface area contributed by atoms with Crippen LogP contribution in [0.25, 0.3) is 0 Å². The molecule has 0 heterocycles. The lowest BCUT2D eigenvalue weighted by Crippen LogP contribution is -2.45. The first kappa shape index (κ1) is 20.3. The molecule has 0 saturated heterocycles. The van der Waals surface area contributed by atoms with E-state index in [2.05, 4.69) is 20.9 Å². The van der Waals surface area contributed by atoms with E-state index in [1.165, 1.54) is 0 Å². The molecule has 2 rings (SSSR count).